The smallest absolute Gasteiger partial charge is 0.220 e. The van der Waals surface area contributed by atoms with Crippen molar-refractivity contribution in [1.82, 2.24) is 4.98 Å². The molecular formula is C13H17N3O. The van der Waals surface area contributed by atoms with Gasteiger partial charge in [-0.25, -0.2) is 4.98 Å². The van der Waals surface area contributed by atoms with Crippen LogP contribution in [0.4, 0.5) is 5.82 Å². The first-order valence-corrected chi connectivity index (χ1v) is 6.08. The fraction of sp³-hybridized carbons (Fsp3) is 0.538. The van der Waals surface area contributed by atoms with Crippen LogP contribution in [0.3, 0.4) is 0 Å². The Morgan fingerprint density at radius 1 is 1.65 bits per heavy atom. The van der Waals surface area contributed by atoms with Crippen molar-refractivity contribution in [2.24, 2.45) is 11.7 Å². The Labute approximate surface area is 101 Å². The van der Waals surface area contributed by atoms with Gasteiger partial charge in [0, 0.05) is 36.7 Å². The first kappa shape index (κ1) is 10.6. The van der Waals surface area contributed by atoms with Gasteiger partial charge in [0.15, 0.2) is 0 Å². The van der Waals surface area contributed by atoms with Gasteiger partial charge in [0.05, 0.1) is 0 Å². The average Bonchev–Trinajstić information content (AvgIpc) is 2.85. The number of primary amides is 1. The van der Waals surface area contributed by atoms with Crippen molar-refractivity contribution in [3.05, 3.63) is 23.9 Å². The fourth-order valence-electron chi connectivity index (χ4n) is 3.49. The van der Waals surface area contributed by atoms with E-state index in [9.17, 15) is 4.79 Å². The predicted molar refractivity (Wildman–Crippen MR) is 65.7 cm³/mol. The van der Waals surface area contributed by atoms with Crippen molar-refractivity contribution in [2.75, 3.05) is 18.5 Å². The summed E-state index contributed by atoms with van der Waals surface area (Å²) in [6.07, 6.45) is 4.67. The summed E-state index contributed by atoms with van der Waals surface area (Å²) in [5.41, 5.74) is 6.84. The number of carbonyl (C=O) groups excluding carboxylic acids is 1. The molecule has 1 saturated carbocycles. The molecule has 0 bridgehead atoms. The fourth-order valence-corrected chi connectivity index (χ4v) is 3.49. The van der Waals surface area contributed by atoms with E-state index in [1.807, 2.05) is 12.3 Å². The SMILES string of the molecule is CN1CC2(CCC(C(N)=O)C2)c2cccnc21. The zero-order valence-electron chi connectivity index (χ0n) is 10.0. The Bertz CT molecular complexity index is 473. The van der Waals surface area contributed by atoms with Crippen molar-refractivity contribution < 1.29 is 4.79 Å². The lowest BCUT2D eigenvalue weighted by Crippen LogP contribution is -2.31. The lowest BCUT2D eigenvalue weighted by molar-refractivity contribution is -0.121. The number of hydrogen-bond donors (Lipinski definition) is 1. The van der Waals surface area contributed by atoms with Gasteiger partial charge in [0.1, 0.15) is 5.82 Å². The second kappa shape index (κ2) is 3.45. The van der Waals surface area contributed by atoms with Crippen molar-refractivity contribution >= 4 is 11.7 Å². The number of nitrogens with zero attached hydrogens (tertiary/aromatic N) is 2. The second-order valence-corrected chi connectivity index (χ2v) is 5.35. The van der Waals surface area contributed by atoms with Crippen LogP contribution in [-0.2, 0) is 10.2 Å². The summed E-state index contributed by atoms with van der Waals surface area (Å²) in [4.78, 5) is 18.0. The van der Waals surface area contributed by atoms with Gasteiger partial charge < -0.3 is 10.6 Å². The molecule has 3 rings (SSSR count). The van der Waals surface area contributed by atoms with Gasteiger partial charge in [0.25, 0.3) is 0 Å². The van der Waals surface area contributed by atoms with Crippen LogP contribution in [0, 0.1) is 5.92 Å². The van der Waals surface area contributed by atoms with Crippen molar-refractivity contribution in [1.29, 1.82) is 0 Å². The quantitative estimate of drug-likeness (QED) is 0.786. The molecule has 2 unspecified atom stereocenters. The molecule has 1 amide bonds. The summed E-state index contributed by atoms with van der Waals surface area (Å²) < 4.78 is 0. The highest BCUT2D eigenvalue weighted by molar-refractivity contribution is 5.77. The zero-order chi connectivity index (χ0) is 12.0. The third kappa shape index (κ3) is 1.43. The Balaban J connectivity index is 1.99. The van der Waals surface area contributed by atoms with E-state index < -0.39 is 0 Å². The number of anilines is 1. The van der Waals surface area contributed by atoms with E-state index in [-0.39, 0.29) is 17.2 Å². The van der Waals surface area contributed by atoms with Crippen LogP contribution in [0.5, 0.6) is 0 Å². The molecule has 4 nitrogen and oxygen atoms in total. The van der Waals surface area contributed by atoms with Crippen LogP contribution in [0.1, 0.15) is 24.8 Å². The maximum absolute atomic E-state index is 11.3. The van der Waals surface area contributed by atoms with Gasteiger partial charge in [0.2, 0.25) is 5.91 Å². The Hall–Kier alpha value is -1.58. The first-order chi connectivity index (χ1) is 8.12. The Morgan fingerprint density at radius 3 is 3.18 bits per heavy atom. The molecule has 0 aromatic carbocycles. The van der Waals surface area contributed by atoms with E-state index in [1.54, 1.807) is 0 Å². The average molecular weight is 231 g/mol. The number of hydrogen-bond acceptors (Lipinski definition) is 3. The van der Waals surface area contributed by atoms with Crippen LogP contribution in [-0.4, -0.2) is 24.5 Å². The normalized spacial score (nSPS) is 30.9. The summed E-state index contributed by atoms with van der Waals surface area (Å²) >= 11 is 0. The van der Waals surface area contributed by atoms with Crippen LogP contribution >= 0.6 is 0 Å². The maximum atomic E-state index is 11.3. The Kier molecular flexibility index (Phi) is 2.15. The highest BCUT2D eigenvalue weighted by Gasteiger charge is 2.48. The maximum Gasteiger partial charge on any atom is 0.220 e. The molecule has 0 radical (unpaired) electrons. The molecule has 2 aliphatic rings. The second-order valence-electron chi connectivity index (χ2n) is 5.35. The largest absolute Gasteiger partial charge is 0.369 e. The van der Waals surface area contributed by atoms with Gasteiger partial charge in [-0.3, -0.25) is 4.79 Å². The molecule has 90 valence electrons. The van der Waals surface area contributed by atoms with Gasteiger partial charge >= 0.3 is 0 Å². The molecule has 1 aromatic heterocycles. The number of nitrogens with two attached hydrogens (primary N) is 1. The van der Waals surface area contributed by atoms with Crippen LogP contribution < -0.4 is 10.6 Å². The molecule has 4 heteroatoms. The summed E-state index contributed by atoms with van der Waals surface area (Å²) in [7, 11) is 2.07. The minimum absolute atomic E-state index is 0.0366. The lowest BCUT2D eigenvalue weighted by Gasteiger charge is -2.24. The molecule has 17 heavy (non-hydrogen) atoms. The zero-order valence-corrected chi connectivity index (χ0v) is 10.0. The number of aromatic nitrogens is 1. The number of fused-ring (bicyclic) bond motifs is 2. The summed E-state index contributed by atoms with van der Waals surface area (Å²) in [5.74, 6) is 0.953. The van der Waals surface area contributed by atoms with Crippen molar-refractivity contribution in [2.45, 2.75) is 24.7 Å². The van der Waals surface area contributed by atoms with E-state index in [1.165, 1.54) is 5.56 Å². The van der Waals surface area contributed by atoms with Crippen LogP contribution in [0.2, 0.25) is 0 Å². The molecule has 0 saturated heterocycles. The molecular weight excluding hydrogens is 214 g/mol. The monoisotopic (exact) mass is 231 g/mol. The van der Waals surface area contributed by atoms with Crippen LogP contribution in [0.25, 0.3) is 0 Å². The first-order valence-electron chi connectivity index (χ1n) is 6.08. The Morgan fingerprint density at radius 2 is 2.47 bits per heavy atom. The van der Waals surface area contributed by atoms with Crippen LogP contribution in [0.15, 0.2) is 18.3 Å². The highest BCUT2D eigenvalue weighted by Crippen LogP contribution is 2.50. The molecule has 1 aliphatic heterocycles. The third-order valence-corrected chi connectivity index (χ3v) is 4.27. The summed E-state index contributed by atoms with van der Waals surface area (Å²) in [6, 6.07) is 4.13. The van der Waals surface area contributed by atoms with E-state index in [0.29, 0.717) is 0 Å². The molecule has 1 spiro atoms. The minimum Gasteiger partial charge on any atom is -0.369 e. The van der Waals surface area contributed by atoms with Crippen molar-refractivity contribution in [3.63, 3.8) is 0 Å². The minimum atomic E-state index is -0.151. The summed E-state index contributed by atoms with van der Waals surface area (Å²) in [6.45, 7) is 0.961. The molecule has 2 heterocycles. The van der Waals surface area contributed by atoms with Gasteiger partial charge in [-0.15, -0.1) is 0 Å². The van der Waals surface area contributed by atoms with Gasteiger partial charge in [-0.05, 0) is 25.3 Å². The topological polar surface area (TPSA) is 59.2 Å². The van der Waals surface area contributed by atoms with E-state index in [4.69, 9.17) is 5.73 Å². The van der Waals surface area contributed by atoms with Crippen molar-refractivity contribution in [3.8, 4) is 0 Å². The third-order valence-electron chi connectivity index (χ3n) is 4.27. The van der Waals surface area contributed by atoms with Gasteiger partial charge in [-0.2, -0.15) is 0 Å². The standard InChI is InChI=1S/C13H17N3O/c1-16-8-13(5-4-9(7-13)11(14)17)10-3-2-6-15-12(10)16/h2-3,6,9H,4-5,7-8H2,1H3,(H2,14,17). The predicted octanol–water partition coefficient (Wildman–Crippen LogP) is 1.05. The number of amides is 1. The molecule has 1 fully saturated rings. The summed E-state index contributed by atoms with van der Waals surface area (Å²) in [5, 5.41) is 0. The molecule has 1 aliphatic carbocycles. The van der Waals surface area contributed by atoms with E-state index in [2.05, 4.69) is 23.0 Å². The number of likely N-dealkylation sites (N-methyl/N-ethyl adjacent to an activating group) is 1. The molecule has 1 aromatic rings. The number of pyridine rings is 1. The number of carbonyl (C=O) groups is 1. The van der Waals surface area contributed by atoms with E-state index >= 15 is 0 Å². The van der Waals surface area contributed by atoms with E-state index in [0.717, 1.165) is 31.6 Å². The number of rotatable bonds is 1. The lowest BCUT2D eigenvalue weighted by atomic mass is 9.80. The highest BCUT2D eigenvalue weighted by atomic mass is 16.1. The molecule has 2 N–H and O–H groups in total. The van der Waals surface area contributed by atoms with Gasteiger partial charge in [-0.1, -0.05) is 6.07 Å². The molecule has 2 atom stereocenters.